The maximum atomic E-state index is 11.5. The predicted octanol–water partition coefficient (Wildman–Crippen LogP) is 0.876. The Morgan fingerprint density at radius 1 is 1.45 bits per heavy atom. The van der Waals surface area contributed by atoms with Crippen LogP contribution in [0.3, 0.4) is 0 Å². The number of benzene rings is 1. The number of thiazole rings is 1. The number of aromatic hydroxyl groups is 1. The smallest absolute Gasteiger partial charge is 0.439 e. The van der Waals surface area contributed by atoms with Crippen molar-refractivity contribution in [3.8, 4) is 11.6 Å². The van der Waals surface area contributed by atoms with Crippen molar-refractivity contribution in [1.29, 1.82) is 0 Å². The van der Waals surface area contributed by atoms with Gasteiger partial charge in [0.1, 0.15) is 5.36 Å². The molecule has 0 spiro atoms. The summed E-state index contributed by atoms with van der Waals surface area (Å²) in [7, 11) is 1.49. The van der Waals surface area contributed by atoms with Gasteiger partial charge in [0.15, 0.2) is 5.75 Å². The van der Waals surface area contributed by atoms with E-state index in [0.717, 1.165) is 15.9 Å². The average Bonchev–Trinajstić information content (AvgIpc) is 2.85. The summed E-state index contributed by atoms with van der Waals surface area (Å²) in [4.78, 5) is 26.4. The molecule has 0 fully saturated rings. The van der Waals surface area contributed by atoms with Crippen LogP contribution in [0.5, 0.6) is 11.6 Å². The van der Waals surface area contributed by atoms with Crippen LogP contribution in [0.4, 0.5) is 4.79 Å². The molecule has 1 aliphatic heterocycles. The van der Waals surface area contributed by atoms with Crippen LogP contribution in [0.25, 0.3) is 6.08 Å². The molecule has 0 saturated heterocycles. The summed E-state index contributed by atoms with van der Waals surface area (Å²) in [5, 5.41) is 10.9. The number of halogens is 1. The molecule has 0 atom stereocenters. The first kappa shape index (κ1) is 13.1. The number of rotatable bonds is 1. The molecule has 20 heavy (non-hydrogen) atoms. The molecule has 0 saturated carbocycles. The second-order valence-corrected chi connectivity index (χ2v) is 5.93. The number of fused-ring (bicyclic) bond motifs is 1. The van der Waals surface area contributed by atoms with E-state index >= 15 is 0 Å². The van der Waals surface area contributed by atoms with Crippen molar-refractivity contribution in [2.45, 2.75) is 0 Å². The molecule has 1 aliphatic rings. The van der Waals surface area contributed by atoms with Crippen LogP contribution >= 0.6 is 27.3 Å². The predicted molar refractivity (Wildman–Crippen MR) is 75.7 cm³/mol. The maximum Gasteiger partial charge on any atom is 0.439 e. The Kier molecular flexibility index (Phi) is 2.98. The van der Waals surface area contributed by atoms with E-state index < -0.39 is 6.09 Å². The highest BCUT2D eigenvalue weighted by Gasteiger charge is 2.15. The summed E-state index contributed by atoms with van der Waals surface area (Å²) in [5.74, 6) is 0.251. The zero-order chi connectivity index (χ0) is 14.4. The van der Waals surface area contributed by atoms with Gasteiger partial charge in [-0.1, -0.05) is 27.3 Å². The number of hydrogen-bond acceptors (Lipinski definition) is 5. The lowest BCUT2D eigenvalue weighted by molar-refractivity contribution is 0.215. The van der Waals surface area contributed by atoms with Crippen molar-refractivity contribution in [1.82, 2.24) is 4.57 Å². The van der Waals surface area contributed by atoms with Gasteiger partial charge < -0.3 is 9.84 Å². The van der Waals surface area contributed by atoms with Crippen LogP contribution < -0.4 is 20.2 Å². The molecule has 1 aromatic heterocycles. The molecule has 1 aromatic carbocycles. The molecule has 0 bridgehead atoms. The van der Waals surface area contributed by atoms with Crippen molar-refractivity contribution in [2.24, 2.45) is 12.0 Å². The minimum atomic E-state index is -0.656. The third-order valence-electron chi connectivity index (χ3n) is 2.78. The molecule has 102 valence electrons. The van der Waals surface area contributed by atoms with Gasteiger partial charge in [-0.15, -0.1) is 0 Å². The Hall–Kier alpha value is -1.93. The minimum absolute atomic E-state index is 0.103. The van der Waals surface area contributed by atoms with Gasteiger partial charge in [0.2, 0.25) is 5.88 Å². The Labute approximate surface area is 124 Å². The van der Waals surface area contributed by atoms with Crippen LogP contribution in [0.15, 0.2) is 26.4 Å². The molecule has 6 nitrogen and oxygen atoms in total. The van der Waals surface area contributed by atoms with Gasteiger partial charge in [0.05, 0.1) is 4.88 Å². The average molecular weight is 355 g/mol. The number of hydrogen-bond donors (Lipinski definition) is 1. The van der Waals surface area contributed by atoms with E-state index in [1.165, 1.54) is 7.05 Å². The Balaban J connectivity index is 2.22. The van der Waals surface area contributed by atoms with Crippen molar-refractivity contribution in [3.05, 3.63) is 41.7 Å². The highest BCUT2D eigenvalue weighted by atomic mass is 79.9. The SMILES string of the molecule is Cn1c(O)c(C=c2cc3c(cc2Br)=NC(=O)O3)sc1=O. The molecule has 1 N–H and O–H groups in total. The molecule has 0 radical (unpaired) electrons. The third kappa shape index (κ3) is 2.06. The largest absolute Gasteiger partial charge is 0.493 e. The number of ether oxygens (including phenoxy) is 1. The first-order valence-corrected chi connectivity index (χ1v) is 7.07. The van der Waals surface area contributed by atoms with Gasteiger partial charge in [-0.3, -0.25) is 9.36 Å². The molecule has 2 aromatic rings. The zero-order valence-corrected chi connectivity index (χ0v) is 12.5. The van der Waals surface area contributed by atoms with Gasteiger partial charge in [-0.25, -0.2) is 4.79 Å². The lowest BCUT2D eigenvalue weighted by Gasteiger charge is -1.97. The molecular weight excluding hydrogens is 348 g/mol. The van der Waals surface area contributed by atoms with E-state index in [-0.39, 0.29) is 10.8 Å². The molecule has 3 rings (SSSR count). The van der Waals surface area contributed by atoms with Gasteiger partial charge in [0, 0.05) is 11.5 Å². The Bertz CT molecular complexity index is 913. The van der Waals surface area contributed by atoms with Gasteiger partial charge in [-0.05, 0) is 23.4 Å². The fourth-order valence-electron chi connectivity index (χ4n) is 1.75. The van der Waals surface area contributed by atoms with Crippen LogP contribution in [-0.4, -0.2) is 15.8 Å². The van der Waals surface area contributed by atoms with Crippen LogP contribution in [-0.2, 0) is 7.05 Å². The van der Waals surface area contributed by atoms with Crippen molar-refractivity contribution in [3.63, 3.8) is 0 Å². The van der Waals surface area contributed by atoms with Gasteiger partial charge in [0.25, 0.3) is 0 Å². The number of carbonyl (C=O) groups excluding carboxylic acids is 1. The standard InChI is InChI=1S/C12H7BrN2O4S/c1-15-10(16)9(20-12(15)18)3-5-2-8-7(4-6(5)13)14-11(17)19-8/h2-4,16H,1H3. The topological polar surface area (TPSA) is 80.9 Å². The van der Waals surface area contributed by atoms with Crippen LogP contribution in [0.1, 0.15) is 4.88 Å². The van der Waals surface area contributed by atoms with Crippen molar-refractivity contribution >= 4 is 39.4 Å². The first-order valence-electron chi connectivity index (χ1n) is 5.46. The molecular formula is C12H7BrN2O4S. The number of aromatic nitrogens is 1. The molecule has 0 unspecified atom stereocenters. The highest BCUT2D eigenvalue weighted by Crippen LogP contribution is 2.20. The van der Waals surface area contributed by atoms with Crippen molar-refractivity contribution in [2.75, 3.05) is 0 Å². The molecule has 2 heterocycles. The number of carbonyl (C=O) groups is 1. The number of nitrogens with zero attached hydrogens (tertiary/aromatic N) is 2. The second-order valence-electron chi connectivity index (χ2n) is 4.08. The summed E-state index contributed by atoms with van der Waals surface area (Å²) in [5.41, 5.74) is 0. The van der Waals surface area contributed by atoms with Gasteiger partial charge >= 0.3 is 11.0 Å². The molecule has 8 heteroatoms. The van der Waals surface area contributed by atoms with Crippen molar-refractivity contribution < 1.29 is 14.6 Å². The fourth-order valence-corrected chi connectivity index (χ4v) is 3.02. The first-order chi connectivity index (χ1) is 9.45. The van der Waals surface area contributed by atoms with E-state index in [2.05, 4.69) is 20.9 Å². The second kappa shape index (κ2) is 4.57. The lowest BCUT2D eigenvalue weighted by atomic mass is 10.2. The maximum absolute atomic E-state index is 11.5. The normalized spacial score (nSPS) is 14.1. The monoisotopic (exact) mass is 354 g/mol. The van der Waals surface area contributed by atoms with Gasteiger partial charge in [-0.2, -0.15) is 4.99 Å². The number of amides is 1. The third-order valence-corrected chi connectivity index (χ3v) is 4.44. The highest BCUT2D eigenvalue weighted by molar-refractivity contribution is 9.10. The summed E-state index contributed by atoms with van der Waals surface area (Å²) >= 11 is 4.29. The van der Waals surface area contributed by atoms with E-state index in [0.29, 0.717) is 25.7 Å². The summed E-state index contributed by atoms with van der Waals surface area (Å²) in [6, 6.07) is 3.27. The Morgan fingerprint density at radius 3 is 2.85 bits per heavy atom. The summed E-state index contributed by atoms with van der Waals surface area (Å²) in [6.45, 7) is 0. The molecule has 0 aliphatic carbocycles. The zero-order valence-electron chi connectivity index (χ0n) is 10.1. The lowest BCUT2D eigenvalue weighted by Crippen LogP contribution is -2.10. The minimum Gasteiger partial charge on any atom is -0.493 e. The fraction of sp³-hybridized carbons (Fsp3) is 0.0833. The van der Waals surface area contributed by atoms with E-state index in [9.17, 15) is 14.7 Å². The quantitative estimate of drug-likeness (QED) is 0.823. The van der Waals surface area contributed by atoms with Crippen LogP contribution in [0, 0.1) is 0 Å². The summed E-state index contributed by atoms with van der Waals surface area (Å²) in [6.07, 6.45) is 0.981. The summed E-state index contributed by atoms with van der Waals surface area (Å²) < 4.78 is 6.77. The van der Waals surface area contributed by atoms with E-state index in [4.69, 9.17) is 4.74 Å². The molecule has 1 amide bonds. The Morgan fingerprint density at radius 2 is 2.20 bits per heavy atom. The van der Waals surface area contributed by atoms with Crippen LogP contribution in [0.2, 0.25) is 0 Å². The van der Waals surface area contributed by atoms with E-state index in [1.54, 1.807) is 18.2 Å². The van der Waals surface area contributed by atoms with E-state index in [1.807, 2.05) is 0 Å².